The first-order valence-electron chi connectivity index (χ1n) is 9.09. The van der Waals surface area contributed by atoms with E-state index in [1.165, 1.54) is 0 Å². The van der Waals surface area contributed by atoms with Crippen LogP contribution in [0.4, 0.5) is 0 Å². The Morgan fingerprint density at radius 1 is 1.08 bits per heavy atom. The van der Waals surface area contributed by atoms with Gasteiger partial charge in [0.05, 0.1) is 11.8 Å². The third-order valence-corrected chi connectivity index (χ3v) is 5.12. The summed E-state index contributed by atoms with van der Waals surface area (Å²) in [4.78, 5) is 28.2. The monoisotopic (exact) mass is 342 g/mol. The van der Waals surface area contributed by atoms with Crippen molar-refractivity contribution < 1.29 is 14.7 Å². The van der Waals surface area contributed by atoms with Crippen molar-refractivity contribution in [3.63, 3.8) is 0 Å². The predicted molar refractivity (Wildman–Crippen MR) is 97.0 cm³/mol. The number of piperidine rings is 1. The molecule has 2 atom stereocenters. The van der Waals surface area contributed by atoms with E-state index in [2.05, 4.69) is 11.0 Å². The quantitative estimate of drug-likeness (QED) is 0.892. The smallest absolute Gasteiger partial charge is 0.307 e. The Hall–Kier alpha value is -2.14. The number of aliphatic carboxylic acids is 1. The van der Waals surface area contributed by atoms with E-state index in [0.717, 1.165) is 31.5 Å². The van der Waals surface area contributed by atoms with Crippen molar-refractivity contribution in [1.29, 1.82) is 0 Å². The number of carbonyl (C=O) groups is 2. The molecule has 0 aromatic heterocycles. The summed E-state index contributed by atoms with van der Waals surface area (Å²) in [5, 5.41) is 9.45. The predicted octanol–water partition coefficient (Wildman–Crippen LogP) is 2.34. The van der Waals surface area contributed by atoms with Crippen LogP contribution in [0.15, 0.2) is 36.4 Å². The van der Waals surface area contributed by atoms with Gasteiger partial charge in [0.25, 0.3) is 0 Å². The molecule has 1 aromatic carbocycles. The number of hydrogen-bond acceptors (Lipinski definition) is 3. The fraction of sp³-hybridized carbons (Fsp3) is 0.500. The average molecular weight is 342 g/mol. The summed E-state index contributed by atoms with van der Waals surface area (Å²) in [6.45, 7) is 3.47. The molecule has 2 fully saturated rings. The van der Waals surface area contributed by atoms with Crippen LogP contribution < -0.4 is 0 Å². The van der Waals surface area contributed by atoms with Crippen molar-refractivity contribution in [2.45, 2.75) is 19.3 Å². The molecule has 25 heavy (non-hydrogen) atoms. The highest BCUT2D eigenvalue weighted by atomic mass is 16.4. The molecular weight excluding hydrogens is 316 g/mol. The van der Waals surface area contributed by atoms with Crippen LogP contribution in [0.3, 0.4) is 0 Å². The number of rotatable bonds is 5. The lowest BCUT2D eigenvalue weighted by molar-refractivity contribution is -0.146. The van der Waals surface area contributed by atoms with Crippen molar-refractivity contribution in [3.8, 4) is 0 Å². The second-order valence-electron chi connectivity index (χ2n) is 7.03. The molecule has 0 unspecified atom stereocenters. The van der Waals surface area contributed by atoms with Gasteiger partial charge < -0.3 is 10.0 Å². The van der Waals surface area contributed by atoms with Gasteiger partial charge in [-0.2, -0.15) is 0 Å². The van der Waals surface area contributed by atoms with Crippen LogP contribution in [0.5, 0.6) is 0 Å². The molecule has 3 rings (SSSR count). The van der Waals surface area contributed by atoms with Crippen molar-refractivity contribution >= 4 is 18.0 Å². The summed E-state index contributed by atoms with van der Waals surface area (Å²) >= 11 is 0. The maximum Gasteiger partial charge on any atom is 0.307 e. The summed E-state index contributed by atoms with van der Waals surface area (Å²) < 4.78 is 0. The van der Waals surface area contributed by atoms with Crippen LogP contribution in [0.25, 0.3) is 6.08 Å². The minimum absolute atomic E-state index is 0.139. The molecule has 2 aliphatic rings. The lowest BCUT2D eigenvalue weighted by atomic mass is 9.88. The summed E-state index contributed by atoms with van der Waals surface area (Å²) in [6.07, 6.45) is 6.68. The fourth-order valence-corrected chi connectivity index (χ4v) is 3.80. The van der Waals surface area contributed by atoms with Crippen LogP contribution in [-0.4, -0.2) is 59.5 Å². The van der Waals surface area contributed by atoms with Gasteiger partial charge in [-0.05, 0) is 24.8 Å². The van der Waals surface area contributed by atoms with E-state index in [1.54, 1.807) is 0 Å². The second kappa shape index (κ2) is 8.30. The average Bonchev–Trinajstić information content (AvgIpc) is 3.16. The molecule has 2 heterocycles. The summed E-state index contributed by atoms with van der Waals surface area (Å²) in [5.74, 6) is -1.31. The molecule has 0 saturated carbocycles. The Balaban J connectivity index is 1.62. The summed E-state index contributed by atoms with van der Waals surface area (Å²) in [6, 6.07) is 10.0. The Labute approximate surface area is 148 Å². The van der Waals surface area contributed by atoms with Gasteiger partial charge in [-0.3, -0.25) is 14.5 Å². The number of benzene rings is 1. The van der Waals surface area contributed by atoms with E-state index >= 15 is 0 Å². The van der Waals surface area contributed by atoms with E-state index in [0.29, 0.717) is 26.1 Å². The molecule has 0 bridgehead atoms. The van der Waals surface area contributed by atoms with E-state index in [1.807, 2.05) is 41.3 Å². The van der Waals surface area contributed by atoms with E-state index in [-0.39, 0.29) is 11.8 Å². The number of carbonyl (C=O) groups excluding carboxylic acids is 1. The van der Waals surface area contributed by atoms with Gasteiger partial charge in [-0.15, -0.1) is 0 Å². The van der Waals surface area contributed by atoms with Crippen molar-refractivity contribution in [3.05, 3.63) is 42.0 Å². The van der Waals surface area contributed by atoms with Gasteiger partial charge in [-0.25, -0.2) is 0 Å². The first kappa shape index (κ1) is 17.7. The molecular formula is C20H26N2O3. The minimum Gasteiger partial charge on any atom is -0.481 e. The standard InChI is InChI=1S/C20H26N2O3/c23-19(22-11-4-5-12-22)17-13-18(20(24)25)15-21(14-17)10-6-9-16-7-2-1-3-8-16/h1-3,6-9,17-18H,4-5,10-15H2,(H,24,25)/b9-6+/t17-,18+/m1/s1. The van der Waals surface area contributed by atoms with Crippen LogP contribution in [0, 0.1) is 11.8 Å². The molecule has 2 saturated heterocycles. The van der Waals surface area contributed by atoms with Gasteiger partial charge in [0.1, 0.15) is 0 Å². The normalized spacial score (nSPS) is 24.7. The van der Waals surface area contributed by atoms with Crippen molar-refractivity contribution in [1.82, 2.24) is 9.80 Å². The van der Waals surface area contributed by atoms with E-state index in [4.69, 9.17) is 0 Å². The molecule has 1 aromatic rings. The molecule has 0 radical (unpaired) electrons. The Morgan fingerprint density at radius 3 is 2.44 bits per heavy atom. The number of nitrogens with zero attached hydrogens (tertiary/aromatic N) is 2. The van der Waals surface area contributed by atoms with Crippen LogP contribution in [0.1, 0.15) is 24.8 Å². The SMILES string of the molecule is O=C(O)[C@H]1C[C@@H](C(=O)N2CCCC2)CN(C/C=C/c2ccccc2)C1. The largest absolute Gasteiger partial charge is 0.481 e. The highest BCUT2D eigenvalue weighted by Gasteiger charge is 2.36. The fourth-order valence-electron chi connectivity index (χ4n) is 3.80. The number of carboxylic acids is 1. The summed E-state index contributed by atoms with van der Waals surface area (Å²) in [5.41, 5.74) is 1.12. The topological polar surface area (TPSA) is 60.9 Å². The third kappa shape index (κ3) is 4.69. The zero-order valence-corrected chi connectivity index (χ0v) is 14.5. The maximum absolute atomic E-state index is 12.7. The van der Waals surface area contributed by atoms with Crippen LogP contribution in [0.2, 0.25) is 0 Å². The third-order valence-electron chi connectivity index (χ3n) is 5.12. The first-order chi connectivity index (χ1) is 12.1. The lowest BCUT2D eigenvalue weighted by Gasteiger charge is -2.36. The molecule has 134 valence electrons. The minimum atomic E-state index is -0.795. The molecule has 1 amide bonds. The molecule has 5 nitrogen and oxygen atoms in total. The van der Waals surface area contributed by atoms with Gasteiger partial charge in [0, 0.05) is 32.7 Å². The van der Waals surface area contributed by atoms with Gasteiger partial charge in [0.2, 0.25) is 5.91 Å². The highest BCUT2D eigenvalue weighted by molar-refractivity contribution is 5.81. The maximum atomic E-state index is 12.7. The van der Waals surface area contributed by atoms with Gasteiger partial charge in [0.15, 0.2) is 0 Å². The van der Waals surface area contributed by atoms with E-state index < -0.39 is 11.9 Å². The van der Waals surface area contributed by atoms with Gasteiger partial charge in [-0.1, -0.05) is 42.5 Å². The number of likely N-dealkylation sites (tertiary alicyclic amines) is 2. The zero-order chi connectivity index (χ0) is 17.6. The van der Waals surface area contributed by atoms with Gasteiger partial charge >= 0.3 is 5.97 Å². The zero-order valence-electron chi connectivity index (χ0n) is 14.5. The van der Waals surface area contributed by atoms with Crippen LogP contribution in [-0.2, 0) is 9.59 Å². The summed E-state index contributed by atoms with van der Waals surface area (Å²) in [7, 11) is 0. The molecule has 1 N–H and O–H groups in total. The molecule has 5 heteroatoms. The molecule has 2 aliphatic heterocycles. The number of amides is 1. The molecule has 0 spiro atoms. The Bertz CT molecular complexity index is 623. The number of carboxylic acid groups (broad SMARTS) is 1. The Kier molecular flexibility index (Phi) is 5.87. The Morgan fingerprint density at radius 2 is 1.76 bits per heavy atom. The second-order valence-corrected chi connectivity index (χ2v) is 7.03. The van der Waals surface area contributed by atoms with E-state index in [9.17, 15) is 14.7 Å². The highest BCUT2D eigenvalue weighted by Crippen LogP contribution is 2.25. The lowest BCUT2D eigenvalue weighted by Crippen LogP contribution is -2.48. The molecule has 0 aliphatic carbocycles. The van der Waals surface area contributed by atoms with Crippen molar-refractivity contribution in [2.75, 3.05) is 32.7 Å². The first-order valence-corrected chi connectivity index (χ1v) is 9.09. The number of hydrogen-bond donors (Lipinski definition) is 1. The van der Waals surface area contributed by atoms with Crippen molar-refractivity contribution in [2.24, 2.45) is 11.8 Å². The van der Waals surface area contributed by atoms with Crippen LogP contribution >= 0.6 is 0 Å².